The SMILES string of the molecule is Nc1nc(-c2cccc(Cl)c2)ncc1Cl. The number of nitrogens with zero attached hydrogens (tertiary/aromatic N) is 2. The van der Waals surface area contributed by atoms with Gasteiger partial charge in [-0.05, 0) is 12.1 Å². The Morgan fingerprint density at radius 2 is 2.00 bits per heavy atom. The highest BCUT2D eigenvalue weighted by molar-refractivity contribution is 6.32. The molecule has 0 atom stereocenters. The molecule has 1 heterocycles. The minimum atomic E-state index is 0.265. The normalized spacial score (nSPS) is 10.3. The maximum Gasteiger partial charge on any atom is 0.161 e. The van der Waals surface area contributed by atoms with Gasteiger partial charge in [0.05, 0.1) is 6.20 Å². The third kappa shape index (κ3) is 2.19. The van der Waals surface area contributed by atoms with E-state index in [1.54, 1.807) is 12.1 Å². The van der Waals surface area contributed by atoms with E-state index in [9.17, 15) is 0 Å². The lowest BCUT2D eigenvalue weighted by Crippen LogP contribution is -1.96. The number of nitrogens with two attached hydrogens (primary N) is 1. The summed E-state index contributed by atoms with van der Waals surface area (Å²) in [6.07, 6.45) is 1.47. The van der Waals surface area contributed by atoms with Crippen LogP contribution in [0.5, 0.6) is 0 Å². The van der Waals surface area contributed by atoms with Crippen LogP contribution < -0.4 is 5.73 Å². The van der Waals surface area contributed by atoms with Gasteiger partial charge in [0.1, 0.15) is 10.8 Å². The second-order valence-electron chi connectivity index (χ2n) is 2.94. The molecule has 76 valence electrons. The van der Waals surface area contributed by atoms with E-state index in [1.807, 2.05) is 12.1 Å². The van der Waals surface area contributed by atoms with Crippen LogP contribution >= 0.6 is 23.2 Å². The summed E-state index contributed by atoms with van der Waals surface area (Å²) in [6, 6.07) is 7.23. The van der Waals surface area contributed by atoms with Gasteiger partial charge in [-0.2, -0.15) is 0 Å². The molecule has 2 N–H and O–H groups in total. The number of anilines is 1. The molecule has 0 amide bonds. The summed E-state index contributed by atoms with van der Waals surface area (Å²) in [7, 11) is 0. The molecule has 2 rings (SSSR count). The molecule has 0 aliphatic carbocycles. The molecule has 2 aromatic rings. The van der Waals surface area contributed by atoms with Gasteiger partial charge in [-0.25, -0.2) is 9.97 Å². The molecule has 0 radical (unpaired) electrons. The third-order valence-electron chi connectivity index (χ3n) is 1.85. The lowest BCUT2D eigenvalue weighted by atomic mass is 10.2. The number of nitrogen functional groups attached to an aromatic ring is 1. The van der Waals surface area contributed by atoms with E-state index in [2.05, 4.69) is 9.97 Å². The van der Waals surface area contributed by atoms with Gasteiger partial charge in [0, 0.05) is 10.6 Å². The molecule has 0 aliphatic heterocycles. The van der Waals surface area contributed by atoms with Gasteiger partial charge in [-0.3, -0.25) is 0 Å². The number of aromatic nitrogens is 2. The van der Waals surface area contributed by atoms with Crippen LogP contribution in [0.1, 0.15) is 0 Å². The van der Waals surface area contributed by atoms with Gasteiger partial charge in [-0.15, -0.1) is 0 Å². The first-order chi connectivity index (χ1) is 7.16. The third-order valence-corrected chi connectivity index (χ3v) is 2.38. The Hall–Kier alpha value is -1.32. The summed E-state index contributed by atoms with van der Waals surface area (Å²) in [4.78, 5) is 8.13. The summed E-state index contributed by atoms with van der Waals surface area (Å²) < 4.78 is 0. The second kappa shape index (κ2) is 4.04. The smallest absolute Gasteiger partial charge is 0.161 e. The van der Waals surface area contributed by atoms with Crippen molar-refractivity contribution < 1.29 is 0 Å². The fraction of sp³-hybridized carbons (Fsp3) is 0. The predicted molar refractivity (Wildman–Crippen MR) is 61.9 cm³/mol. The van der Waals surface area contributed by atoms with Gasteiger partial charge in [0.15, 0.2) is 5.82 Å². The topological polar surface area (TPSA) is 51.8 Å². The van der Waals surface area contributed by atoms with Crippen LogP contribution in [0.25, 0.3) is 11.4 Å². The first-order valence-electron chi connectivity index (χ1n) is 4.21. The van der Waals surface area contributed by atoms with E-state index < -0.39 is 0 Å². The van der Waals surface area contributed by atoms with Crippen molar-refractivity contribution >= 4 is 29.0 Å². The molecule has 3 nitrogen and oxygen atoms in total. The summed E-state index contributed by atoms with van der Waals surface area (Å²) in [6.45, 7) is 0. The van der Waals surface area contributed by atoms with Crippen LogP contribution in [0.4, 0.5) is 5.82 Å². The van der Waals surface area contributed by atoms with Crippen molar-refractivity contribution in [2.75, 3.05) is 5.73 Å². The van der Waals surface area contributed by atoms with Gasteiger partial charge in [0.2, 0.25) is 0 Å². The maximum atomic E-state index is 5.85. The molecule has 0 saturated carbocycles. The summed E-state index contributed by atoms with van der Waals surface area (Å²) in [5.41, 5.74) is 6.39. The molecule has 0 bridgehead atoms. The average Bonchev–Trinajstić information content (AvgIpc) is 2.22. The van der Waals surface area contributed by atoms with E-state index in [0.29, 0.717) is 15.9 Å². The minimum absolute atomic E-state index is 0.265. The molecule has 1 aromatic carbocycles. The van der Waals surface area contributed by atoms with Gasteiger partial charge >= 0.3 is 0 Å². The Bertz CT molecular complexity index is 500. The van der Waals surface area contributed by atoms with E-state index in [1.165, 1.54) is 6.20 Å². The monoisotopic (exact) mass is 239 g/mol. The maximum absolute atomic E-state index is 5.85. The number of hydrogen-bond acceptors (Lipinski definition) is 3. The Morgan fingerprint density at radius 3 is 2.67 bits per heavy atom. The van der Waals surface area contributed by atoms with E-state index in [4.69, 9.17) is 28.9 Å². The van der Waals surface area contributed by atoms with Gasteiger partial charge in [-0.1, -0.05) is 35.3 Å². The predicted octanol–water partition coefficient (Wildman–Crippen LogP) is 3.03. The first kappa shape index (κ1) is 10.2. The highest BCUT2D eigenvalue weighted by Gasteiger charge is 2.04. The van der Waals surface area contributed by atoms with Crippen molar-refractivity contribution in [3.8, 4) is 11.4 Å². The molecule has 0 spiro atoms. The quantitative estimate of drug-likeness (QED) is 0.833. The largest absolute Gasteiger partial charge is 0.382 e. The summed E-state index contributed by atoms with van der Waals surface area (Å²) >= 11 is 11.6. The molecular weight excluding hydrogens is 233 g/mol. The Labute approximate surface area is 96.9 Å². The number of benzene rings is 1. The molecule has 0 saturated heterocycles. The zero-order valence-corrected chi connectivity index (χ0v) is 9.13. The van der Waals surface area contributed by atoms with E-state index in [-0.39, 0.29) is 5.82 Å². The lowest BCUT2D eigenvalue weighted by Gasteiger charge is -2.02. The highest BCUT2D eigenvalue weighted by Crippen LogP contribution is 2.22. The van der Waals surface area contributed by atoms with Crippen LogP contribution in [0.15, 0.2) is 30.5 Å². The summed E-state index contributed by atoms with van der Waals surface area (Å²) in [5.74, 6) is 0.779. The molecule has 1 aromatic heterocycles. The van der Waals surface area contributed by atoms with Crippen molar-refractivity contribution in [1.82, 2.24) is 9.97 Å². The van der Waals surface area contributed by atoms with Crippen LogP contribution in [-0.2, 0) is 0 Å². The number of rotatable bonds is 1. The Kier molecular flexibility index (Phi) is 2.75. The molecular formula is C10H7Cl2N3. The zero-order valence-electron chi connectivity index (χ0n) is 7.61. The van der Waals surface area contributed by atoms with Crippen LogP contribution in [0, 0.1) is 0 Å². The van der Waals surface area contributed by atoms with Crippen molar-refractivity contribution in [2.24, 2.45) is 0 Å². The van der Waals surface area contributed by atoms with Crippen LogP contribution in [0.3, 0.4) is 0 Å². The van der Waals surface area contributed by atoms with E-state index in [0.717, 1.165) is 5.56 Å². The standard InChI is InChI=1S/C10H7Cl2N3/c11-7-3-1-2-6(4-7)10-14-5-8(12)9(13)15-10/h1-5H,(H2,13,14,15). The van der Waals surface area contributed by atoms with Gasteiger partial charge in [0.25, 0.3) is 0 Å². The van der Waals surface area contributed by atoms with E-state index >= 15 is 0 Å². The Morgan fingerprint density at radius 1 is 1.20 bits per heavy atom. The molecule has 0 unspecified atom stereocenters. The molecule has 5 heteroatoms. The lowest BCUT2D eigenvalue weighted by molar-refractivity contribution is 1.18. The highest BCUT2D eigenvalue weighted by atomic mass is 35.5. The van der Waals surface area contributed by atoms with Gasteiger partial charge < -0.3 is 5.73 Å². The number of hydrogen-bond donors (Lipinski definition) is 1. The second-order valence-corrected chi connectivity index (χ2v) is 3.78. The molecule has 0 fully saturated rings. The number of halogens is 2. The van der Waals surface area contributed by atoms with Crippen molar-refractivity contribution in [2.45, 2.75) is 0 Å². The van der Waals surface area contributed by atoms with Crippen LogP contribution in [-0.4, -0.2) is 9.97 Å². The van der Waals surface area contributed by atoms with Crippen molar-refractivity contribution in [3.63, 3.8) is 0 Å². The molecule has 15 heavy (non-hydrogen) atoms. The Balaban J connectivity index is 2.50. The zero-order chi connectivity index (χ0) is 10.8. The first-order valence-corrected chi connectivity index (χ1v) is 4.96. The minimum Gasteiger partial charge on any atom is -0.382 e. The van der Waals surface area contributed by atoms with Crippen molar-refractivity contribution in [3.05, 3.63) is 40.5 Å². The van der Waals surface area contributed by atoms with Crippen molar-refractivity contribution in [1.29, 1.82) is 0 Å². The summed E-state index contributed by atoms with van der Waals surface area (Å²) in [5, 5.41) is 0.977. The molecule has 0 aliphatic rings. The van der Waals surface area contributed by atoms with Crippen LogP contribution in [0.2, 0.25) is 10.0 Å². The fourth-order valence-electron chi connectivity index (χ4n) is 1.15. The fourth-order valence-corrected chi connectivity index (χ4v) is 1.43. The average molecular weight is 240 g/mol.